The van der Waals surface area contributed by atoms with Gasteiger partial charge in [0.25, 0.3) is 0 Å². The van der Waals surface area contributed by atoms with Crippen molar-refractivity contribution in [1.29, 1.82) is 0 Å². The first-order valence-corrected chi connectivity index (χ1v) is 11.3. The first-order valence-electron chi connectivity index (χ1n) is 10.5. The number of rotatable bonds is 8. The van der Waals surface area contributed by atoms with Crippen LogP contribution in [0.2, 0.25) is 0 Å². The van der Waals surface area contributed by atoms with Gasteiger partial charge in [0, 0.05) is 0 Å². The molecule has 2 aromatic carbocycles. The summed E-state index contributed by atoms with van der Waals surface area (Å²) in [4.78, 5) is 21.4. The van der Waals surface area contributed by atoms with Crippen LogP contribution in [0, 0.1) is 0 Å². The molecule has 4 rings (SSSR count). The average molecular weight is 427 g/mol. The van der Waals surface area contributed by atoms with Gasteiger partial charge in [0.1, 0.15) is 24.4 Å². The molecule has 2 heterocycles. The third-order valence-corrected chi connectivity index (χ3v) is 6.33. The number of thiazole rings is 1. The number of hydrogen-bond acceptors (Lipinski definition) is 5. The Kier molecular flexibility index (Phi) is 6.94. The van der Waals surface area contributed by atoms with Gasteiger partial charge in [-0.3, -0.25) is 9.69 Å². The van der Waals surface area contributed by atoms with Crippen LogP contribution in [-0.2, 0) is 16.0 Å². The predicted molar refractivity (Wildman–Crippen MR) is 120 cm³/mol. The highest BCUT2D eigenvalue weighted by molar-refractivity contribution is 7.22. The van der Waals surface area contributed by atoms with Crippen molar-refractivity contribution in [1.82, 2.24) is 4.98 Å². The van der Waals surface area contributed by atoms with Gasteiger partial charge in [-0.15, -0.1) is 0 Å². The summed E-state index contributed by atoms with van der Waals surface area (Å²) < 4.78 is 12.2. The lowest BCUT2D eigenvalue weighted by molar-refractivity contribution is -0.906. The lowest BCUT2D eigenvalue weighted by atomic mass is 10.1. The second-order valence-corrected chi connectivity index (χ2v) is 8.36. The summed E-state index contributed by atoms with van der Waals surface area (Å²) in [6.07, 6.45) is 0.369. The van der Waals surface area contributed by atoms with E-state index in [1.807, 2.05) is 60.4 Å². The third-order valence-electron chi connectivity index (χ3n) is 5.29. The molecular formula is C23H28N3O3S+. The quantitative estimate of drug-likeness (QED) is 0.600. The summed E-state index contributed by atoms with van der Waals surface area (Å²) in [6, 6.07) is 15.8. The summed E-state index contributed by atoms with van der Waals surface area (Å²) in [5, 5.41) is 0.741. The number of carbonyl (C=O) groups is 1. The van der Waals surface area contributed by atoms with Crippen LogP contribution in [0.15, 0.2) is 48.5 Å². The second kappa shape index (κ2) is 10.0. The number of benzene rings is 2. The van der Waals surface area contributed by atoms with E-state index in [2.05, 4.69) is 0 Å². The first kappa shape index (κ1) is 20.8. The highest BCUT2D eigenvalue weighted by Gasteiger charge is 2.24. The molecule has 1 amide bonds. The number of quaternary nitrogens is 1. The molecule has 30 heavy (non-hydrogen) atoms. The zero-order chi connectivity index (χ0) is 20.8. The first-order chi connectivity index (χ1) is 14.7. The van der Waals surface area contributed by atoms with Gasteiger partial charge >= 0.3 is 0 Å². The van der Waals surface area contributed by atoms with Crippen molar-refractivity contribution < 1.29 is 19.2 Å². The van der Waals surface area contributed by atoms with Crippen molar-refractivity contribution >= 4 is 32.6 Å². The zero-order valence-corrected chi connectivity index (χ0v) is 18.1. The Morgan fingerprint density at radius 2 is 1.97 bits per heavy atom. The van der Waals surface area contributed by atoms with Crippen LogP contribution in [0.25, 0.3) is 10.2 Å². The topological polar surface area (TPSA) is 56.1 Å². The largest absolute Gasteiger partial charge is 0.492 e. The molecule has 0 radical (unpaired) electrons. The van der Waals surface area contributed by atoms with Gasteiger partial charge in [0.15, 0.2) is 5.13 Å². The number of aromatic nitrogens is 1. The molecule has 0 unspecified atom stereocenters. The van der Waals surface area contributed by atoms with Crippen molar-refractivity contribution in [3.05, 3.63) is 54.1 Å². The fourth-order valence-corrected chi connectivity index (χ4v) is 4.70. The molecule has 1 saturated heterocycles. The summed E-state index contributed by atoms with van der Waals surface area (Å²) in [5.74, 6) is 0.845. The van der Waals surface area contributed by atoms with E-state index in [-0.39, 0.29) is 5.91 Å². The van der Waals surface area contributed by atoms with E-state index in [1.165, 1.54) is 4.90 Å². The number of fused-ring (bicyclic) bond motifs is 1. The average Bonchev–Trinajstić information content (AvgIpc) is 3.20. The predicted octanol–water partition coefficient (Wildman–Crippen LogP) is 2.19. The lowest BCUT2D eigenvalue weighted by Gasteiger charge is -2.27. The van der Waals surface area contributed by atoms with E-state index < -0.39 is 0 Å². The minimum Gasteiger partial charge on any atom is -0.492 e. The molecular weight excluding hydrogens is 398 g/mol. The van der Waals surface area contributed by atoms with Gasteiger partial charge in [0.05, 0.1) is 44.0 Å². The number of anilines is 1. The molecule has 0 saturated carbocycles. The summed E-state index contributed by atoms with van der Waals surface area (Å²) in [5.41, 5.74) is 1.85. The van der Waals surface area contributed by atoms with Gasteiger partial charge in [0.2, 0.25) is 5.91 Å². The number of morpholine rings is 1. The van der Waals surface area contributed by atoms with Gasteiger partial charge in [-0.1, -0.05) is 47.7 Å². The van der Waals surface area contributed by atoms with Crippen molar-refractivity contribution in [2.75, 3.05) is 50.9 Å². The number of para-hydroxylation sites is 1. The molecule has 158 valence electrons. The van der Waals surface area contributed by atoms with Crippen LogP contribution in [0.1, 0.15) is 12.5 Å². The monoisotopic (exact) mass is 426 g/mol. The molecule has 7 heteroatoms. The van der Waals surface area contributed by atoms with Crippen molar-refractivity contribution in [2.24, 2.45) is 0 Å². The number of nitrogens with one attached hydrogen (secondary N) is 1. The highest BCUT2D eigenvalue weighted by atomic mass is 32.1. The molecule has 3 aromatic rings. The van der Waals surface area contributed by atoms with Crippen LogP contribution in [0.5, 0.6) is 5.75 Å². The molecule has 0 aliphatic carbocycles. The highest BCUT2D eigenvalue weighted by Crippen LogP contribution is 2.34. The lowest BCUT2D eigenvalue weighted by Crippen LogP contribution is -3.14. The van der Waals surface area contributed by atoms with Crippen molar-refractivity contribution in [2.45, 2.75) is 13.3 Å². The molecule has 1 aliphatic rings. The van der Waals surface area contributed by atoms with Crippen LogP contribution in [-0.4, -0.2) is 56.9 Å². The maximum Gasteiger partial charge on any atom is 0.233 e. The number of amides is 1. The van der Waals surface area contributed by atoms with Gasteiger partial charge in [-0.25, -0.2) is 4.98 Å². The van der Waals surface area contributed by atoms with Gasteiger partial charge < -0.3 is 14.4 Å². The Morgan fingerprint density at radius 3 is 2.73 bits per heavy atom. The SMILES string of the molecule is CCOc1cccc2sc(N(CC[NH+]3CCOCC3)C(=O)Cc3ccccc3)nc12. The number of carbonyl (C=O) groups excluding carboxylic acids is 1. The third kappa shape index (κ3) is 4.98. The normalized spacial score (nSPS) is 14.7. The Balaban J connectivity index is 1.59. The standard InChI is InChI=1S/C23H27N3O3S/c1-2-29-19-9-6-10-20-22(19)24-23(30-20)26(12-11-25-13-15-28-16-14-25)21(27)17-18-7-4-3-5-8-18/h3-10H,2,11-17H2,1H3/p+1. The van der Waals surface area contributed by atoms with E-state index in [9.17, 15) is 4.79 Å². The van der Waals surface area contributed by atoms with E-state index in [4.69, 9.17) is 14.5 Å². The molecule has 6 nitrogen and oxygen atoms in total. The van der Waals surface area contributed by atoms with Crippen molar-refractivity contribution in [3.63, 3.8) is 0 Å². The Labute approximate surface area is 181 Å². The molecule has 1 aliphatic heterocycles. The number of nitrogens with zero attached hydrogens (tertiary/aromatic N) is 2. The fraction of sp³-hybridized carbons (Fsp3) is 0.391. The van der Waals surface area contributed by atoms with E-state index in [0.717, 1.165) is 59.5 Å². The van der Waals surface area contributed by atoms with E-state index in [0.29, 0.717) is 19.6 Å². The van der Waals surface area contributed by atoms with Crippen LogP contribution >= 0.6 is 11.3 Å². The van der Waals surface area contributed by atoms with Crippen LogP contribution in [0.3, 0.4) is 0 Å². The molecule has 1 aromatic heterocycles. The Morgan fingerprint density at radius 1 is 1.17 bits per heavy atom. The van der Waals surface area contributed by atoms with Gasteiger partial charge in [-0.05, 0) is 24.6 Å². The smallest absolute Gasteiger partial charge is 0.233 e. The maximum absolute atomic E-state index is 13.3. The minimum absolute atomic E-state index is 0.0749. The number of hydrogen-bond donors (Lipinski definition) is 1. The summed E-state index contributed by atoms with van der Waals surface area (Å²) in [6.45, 7) is 7.61. The molecule has 0 bridgehead atoms. The molecule has 1 N–H and O–H groups in total. The Bertz CT molecular complexity index is 970. The van der Waals surface area contributed by atoms with Gasteiger partial charge in [-0.2, -0.15) is 0 Å². The maximum atomic E-state index is 13.3. The molecule has 1 fully saturated rings. The van der Waals surface area contributed by atoms with Crippen molar-refractivity contribution in [3.8, 4) is 5.75 Å². The second-order valence-electron chi connectivity index (χ2n) is 7.35. The minimum atomic E-state index is 0.0749. The summed E-state index contributed by atoms with van der Waals surface area (Å²) >= 11 is 1.55. The molecule has 0 atom stereocenters. The Hall–Kier alpha value is -2.48. The van der Waals surface area contributed by atoms with Crippen LogP contribution in [0.4, 0.5) is 5.13 Å². The summed E-state index contributed by atoms with van der Waals surface area (Å²) in [7, 11) is 0. The van der Waals surface area contributed by atoms with E-state index in [1.54, 1.807) is 11.3 Å². The zero-order valence-electron chi connectivity index (χ0n) is 17.3. The fourth-order valence-electron chi connectivity index (χ4n) is 3.67. The molecule has 0 spiro atoms. The number of ether oxygens (including phenoxy) is 2. The van der Waals surface area contributed by atoms with Crippen LogP contribution < -0.4 is 14.5 Å². The van der Waals surface area contributed by atoms with E-state index >= 15 is 0 Å².